The minimum absolute atomic E-state index is 0.238. The summed E-state index contributed by atoms with van der Waals surface area (Å²) in [7, 11) is 0. The van der Waals surface area contributed by atoms with Crippen LogP contribution in [0.25, 0.3) is 16.8 Å². The third-order valence-electron chi connectivity index (χ3n) is 4.89. The van der Waals surface area contributed by atoms with E-state index in [-0.39, 0.29) is 11.1 Å². The van der Waals surface area contributed by atoms with Crippen molar-refractivity contribution in [3.63, 3.8) is 0 Å². The first kappa shape index (κ1) is 21.9. The van der Waals surface area contributed by atoms with E-state index in [0.29, 0.717) is 33.3 Å². The standard InChI is InChI=1S/C24H19BrClNO3S/c1-2-10-27-23(28)21(31-24(27)29)13-15-11-19(25)22(20(26)12-15)30-14-17-8-5-7-16-6-3-4-9-18(16)17/h3-9,11-13H,2,10,14H2,1H3/b21-13+. The SMILES string of the molecule is CCCN1C(=O)S/C(=C/c2cc(Cl)c(OCc3cccc4ccccc34)c(Br)c2)C1=O. The fourth-order valence-corrected chi connectivity index (χ4v) is 5.29. The zero-order chi connectivity index (χ0) is 22.0. The Bertz CT molecular complexity index is 1180. The second kappa shape index (κ2) is 9.47. The molecule has 0 aromatic heterocycles. The number of carbonyl (C=O) groups excluding carboxylic acids is 2. The number of halogens is 2. The topological polar surface area (TPSA) is 46.6 Å². The normalized spacial score (nSPS) is 15.3. The second-order valence-corrected chi connectivity index (χ2v) is 9.33. The van der Waals surface area contributed by atoms with Crippen molar-refractivity contribution >= 4 is 67.3 Å². The lowest BCUT2D eigenvalue weighted by atomic mass is 10.1. The maximum absolute atomic E-state index is 12.5. The number of amides is 2. The molecule has 4 nitrogen and oxygen atoms in total. The van der Waals surface area contributed by atoms with Gasteiger partial charge < -0.3 is 4.74 Å². The molecule has 1 fully saturated rings. The molecule has 4 rings (SSSR count). The number of nitrogens with zero attached hydrogens (tertiary/aromatic N) is 1. The molecule has 1 aliphatic heterocycles. The first-order valence-electron chi connectivity index (χ1n) is 9.81. The third-order valence-corrected chi connectivity index (χ3v) is 6.67. The molecule has 0 saturated carbocycles. The van der Waals surface area contributed by atoms with Crippen LogP contribution in [0.1, 0.15) is 24.5 Å². The summed E-state index contributed by atoms with van der Waals surface area (Å²) in [5.74, 6) is 0.270. The van der Waals surface area contributed by atoms with E-state index in [2.05, 4.69) is 34.1 Å². The maximum Gasteiger partial charge on any atom is 0.293 e. The van der Waals surface area contributed by atoms with Gasteiger partial charge in [0, 0.05) is 6.54 Å². The molecule has 1 saturated heterocycles. The highest BCUT2D eigenvalue weighted by molar-refractivity contribution is 9.10. The van der Waals surface area contributed by atoms with Gasteiger partial charge in [-0.1, -0.05) is 61.0 Å². The molecule has 0 spiro atoms. The summed E-state index contributed by atoms with van der Waals surface area (Å²) in [5.41, 5.74) is 1.78. The fraction of sp³-hybridized carbons (Fsp3) is 0.167. The summed E-state index contributed by atoms with van der Waals surface area (Å²) in [6.45, 7) is 2.73. The van der Waals surface area contributed by atoms with Crippen LogP contribution in [-0.4, -0.2) is 22.6 Å². The number of benzene rings is 3. The van der Waals surface area contributed by atoms with Crippen molar-refractivity contribution in [3.05, 3.63) is 80.1 Å². The predicted molar refractivity (Wildman–Crippen MR) is 130 cm³/mol. The van der Waals surface area contributed by atoms with Crippen molar-refractivity contribution in [2.45, 2.75) is 20.0 Å². The van der Waals surface area contributed by atoms with E-state index < -0.39 is 0 Å². The van der Waals surface area contributed by atoms with Crippen molar-refractivity contribution in [2.24, 2.45) is 0 Å². The molecule has 2 amide bonds. The lowest BCUT2D eigenvalue weighted by molar-refractivity contribution is -0.122. The molecule has 31 heavy (non-hydrogen) atoms. The van der Waals surface area contributed by atoms with E-state index in [1.165, 1.54) is 4.90 Å². The van der Waals surface area contributed by atoms with Crippen LogP contribution in [0.2, 0.25) is 5.02 Å². The van der Waals surface area contributed by atoms with Crippen molar-refractivity contribution in [2.75, 3.05) is 6.54 Å². The highest BCUT2D eigenvalue weighted by Gasteiger charge is 2.34. The first-order chi connectivity index (χ1) is 15.0. The summed E-state index contributed by atoms with van der Waals surface area (Å²) < 4.78 is 6.72. The van der Waals surface area contributed by atoms with E-state index in [9.17, 15) is 9.59 Å². The Morgan fingerprint density at radius 2 is 1.90 bits per heavy atom. The molecule has 0 radical (unpaired) electrons. The van der Waals surface area contributed by atoms with Gasteiger partial charge in [-0.25, -0.2) is 0 Å². The predicted octanol–water partition coefficient (Wildman–Crippen LogP) is 7.28. The molecule has 0 N–H and O–H groups in total. The number of carbonyl (C=O) groups is 2. The largest absolute Gasteiger partial charge is 0.486 e. The molecule has 0 aliphatic carbocycles. The Morgan fingerprint density at radius 1 is 1.13 bits per heavy atom. The first-order valence-corrected chi connectivity index (χ1v) is 11.8. The van der Waals surface area contributed by atoms with Crippen molar-refractivity contribution in [3.8, 4) is 5.75 Å². The van der Waals surface area contributed by atoms with Gasteiger partial charge in [-0.15, -0.1) is 0 Å². The minimum Gasteiger partial charge on any atom is -0.486 e. The van der Waals surface area contributed by atoms with Crippen LogP contribution in [0.15, 0.2) is 64.0 Å². The van der Waals surface area contributed by atoms with Gasteiger partial charge in [-0.05, 0) is 74.2 Å². The van der Waals surface area contributed by atoms with Crippen molar-refractivity contribution in [1.82, 2.24) is 4.90 Å². The van der Waals surface area contributed by atoms with Crippen molar-refractivity contribution < 1.29 is 14.3 Å². The number of rotatable bonds is 6. The Hall–Kier alpha value is -2.28. The van der Waals surface area contributed by atoms with E-state index in [0.717, 1.165) is 40.1 Å². The van der Waals surface area contributed by atoms with Crippen LogP contribution >= 0.6 is 39.3 Å². The minimum atomic E-state index is -0.264. The Labute approximate surface area is 198 Å². The van der Waals surface area contributed by atoms with Gasteiger partial charge in [0.1, 0.15) is 6.61 Å². The Kier molecular flexibility index (Phi) is 6.70. The van der Waals surface area contributed by atoms with Gasteiger partial charge in [0.2, 0.25) is 0 Å². The number of hydrogen-bond acceptors (Lipinski definition) is 4. The van der Waals surface area contributed by atoms with Crippen LogP contribution in [0.3, 0.4) is 0 Å². The highest BCUT2D eigenvalue weighted by atomic mass is 79.9. The summed E-state index contributed by atoms with van der Waals surface area (Å²) >= 11 is 11.0. The van der Waals surface area contributed by atoms with Gasteiger partial charge >= 0.3 is 0 Å². The van der Waals surface area contributed by atoms with Gasteiger partial charge in [0.05, 0.1) is 14.4 Å². The molecule has 1 heterocycles. The summed E-state index contributed by atoms with van der Waals surface area (Å²) in [4.78, 5) is 26.2. The quantitative estimate of drug-likeness (QED) is 0.323. The van der Waals surface area contributed by atoms with Crippen LogP contribution in [-0.2, 0) is 11.4 Å². The molecule has 0 unspecified atom stereocenters. The zero-order valence-corrected chi connectivity index (χ0v) is 19.9. The summed E-state index contributed by atoms with van der Waals surface area (Å²) in [6, 6.07) is 17.8. The fourth-order valence-electron chi connectivity index (χ4n) is 3.44. The van der Waals surface area contributed by atoms with Gasteiger partial charge in [0.25, 0.3) is 11.1 Å². The lowest BCUT2D eigenvalue weighted by Gasteiger charge is -2.13. The van der Waals surface area contributed by atoms with Gasteiger partial charge in [-0.3, -0.25) is 14.5 Å². The molecular formula is C24H19BrClNO3S. The maximum atomic E-state index is 12.5. The van der Waals surface area contributed by atoms with Crippen molar-refractivity contribution in [1.29, 1.82) is 0 Å². The van der Waals surface area contributed by atoms with Crippen LogP contribution < -0.4 is 4.74 Å². The summed E-state index contributed by atoms with van der Waals surface area (Å²) in [6.07, 6.45) is 2.41. The van der Waals surface area contributed by atoms with Crippen LogP contribution in [0.5, 0.6) is 5.75 Å². The van der Waals surface area contributed by atoms with Gasteiger partial charge in [0.15, 0.2) is 5.75 Å². The summed E-state index contributed by atoms with van der Waals surface area (Å²) in [5, 5.41) is 2.48. The molecule has 0 bridgehead atoms. The molecule has 1 aliphatic rings. The second-order valence-electron chi connectivity index (χ2n) is 7.07. The Balaban J connectivity index is 1.55. The number of imide groups is 1. The van der Waals surface area contributed by atoms with E-state index in [4.69, 9.17) is 16.3 Å². The van der Waals surface area contributed by atoms with E-state index >= 15 is 0 Å². The molecule has 3 aromatic carbocycles. The Morgan fingerprint density at radius 3 is 2.68 bits per heavy atom. The van der Waals surface area contributed by atoms with Gasteiger partial charge in [-0.2, -0.15) is 0 Å². The monoisotopic (exact) mass is 515 g/mol. The number of hydrogen-bond donors (Lipinski definition) is 0. The molecule has 158 valence electrons. The number of fused-ring (bicyclic) bond motifs is 1. The van der Waals surface area contributed by atoms with Crippen LogP contribution in [0.4, 0.5) is 4.79 Å². The average Bonchev–Trinajstić information content (AvgIpc) is 3.01. The molecule has 7 heteroatoms. The molecule has 3 aromatic rings. The molecule has 0 atom stereocenters. The lowest BCUT2D eigenvalue weighted by Crippen LogP contribution is -2.28. The smallest absolute Gasteiger partial charge is 0.293 e. The number of thioether (sulfide) groups is 1. The van der Waals surface area contributed by atoms with E-state index in [1.54, 1.807) is 12.1 Å². The highest BCUT2D eigenvalue weighted by Crippen LogP contribution is 2.38. The van der Waals surface area contributed by atoms with E-state index in [1.807, 2.05) is 37.3 Å². The van der Waals surface area contributed by atoms with Crippen LogP contribution in [0, 0.1) is 0 Å². The zero-order valence-electron chi connectivity index (χ0n) is 16.7. The number of ether oxygens (including phenoxy) is 1. The molecular weight excluding hydrogens is 498 g/mol. The third kappa shape index (κ3) is 4.66. The average molecular weight is 517 g/mol.